The fraction of sp³-hybridized carbons (Fsp3) is 0.176. The zero-order valence-electron chi connectivity index (χ0n) is 12.1. The van der Waals surface area contributed by atoms with Crippen molar-refractivity contribution in [3.63, 3.8) is 0 Å². The third kappa shape index (κ3) is 4.45. The van der Waals surface area contributed by atoms with Gasteiger partial charge in [-0.05, 0) is 38.1 Å². The molecule has 1 amide bonds. The summed E-state index contributed by atoms with van der Waals surface area (Å²) in [6.07, 6.45) is 0. The molecule has 4 heteroatoms. The Morgan fingerprint density at radius 3 is 2.00 bits per heavy atom. The van der Waals surface area contributed by atoms with E-state index in [2.05, 4.69) is 5.32 Å². The summed E-state index contributed by atoms with van der Waals surface area (Å²) >= 11 is 0. The fourth-order valence-corrected chi connectivity index (χ4v) is 1.74. The molecule has 0 bridgehead atoms. The molecule has 0 aromatic heterocycles. The quantitative estimate of drug-likeness (QED) is 0.877. The van der Waals surface area contributed by atoms with Crippen LogP contribution < -0.4 is 5.32 Å². The smallest absolute Gasteiger partial charge is 0.338 e. The number of carbonyl (C=O) groups excluding carboxylic acids is 2. The molecule has 2 aromatic rings. The van der Waals surface area contributed by atoms with Gasteiger partial charge in [-0.25, -0.2) is 4.79 Å². The van der Waals surface area contributed by atoms with Gasteiger partial charge in [0.25, 0.3) is 5.91 Å². The average Bonchev–Trinajstić information content (AvgIpc) is 2.48. The number of carbonyl (C=O) groups is 2. The number of rotatable bonds is 4. The minimum atomic E-state index is -0.506. The summed E-state index contributed by atoms with van der Waals surface area (Å²) in [6.45, 7) is 3.60. The Bertz CT molecular complexity index is 630. The van der Waals surface area contributed by atoms with Crippen LogP contribution >= 0.6 is 0 Å². The van der Waals surface area contributed by atoms with E-state index in [1.165, 1.54) is 0 Å². The molecular weight excluding hydrogens is 266 g/mol. The number of hydrogen-bond donors (Lipinski definition) is 1. The Labute approximate surface area is 123 Å². The molecule has 0 saturated heterocycles. The number of hydrogen-bond acceptors (Lipinski definition) is 3. The van der Waals surface area contributed by atoms with Crippen LogP contribution in [0.25, 0.3) is 0 Å². The number of ether oxygens (including phenoxy) is 1. The van der Waals surface area contributed by atoms with Gasteiger partial charge in [-0.2, -0.15) is 0 Å². The molecule has 0 fully saturated rings. The first-order valence-corrected chi connectivity index (χ1v) is 6.65. The predicted octanol–water partition coefficient (Wildman–Crippen LogP) is 3.10. The largest absolute Gasteiger partial charge is 0.452 e. The summed E-state index contributed by atoms with van der Waals surface area (Å²) in [6, 6.07) is 14.4. The Kier molecular flexibility index (Phi) is 4.72. The van der Waals surface area contributed by atoms with Crippen molar-refractivity contribution in [1.29, 1.82) is 0 Å². The lowest BCUT2D eigenvalue weighted by Gasteiger charge is -2.07. The zero-order chi connectivity index (χ0) is 15.2. The van der Waals surface area contributed by atoms with Crippen LogP contribution in [-0.2, 0) is 9.53 Å². The number of aryl methyl sites for hydroxylation is 2. The molecule has 0 heterocycles. The standard InChI is InChI=1S/C17H17NO3/c1-12-3-7-14(8-4-12)17(20)21-11-16(19)18-15-9-5-13(2)6-10-15/h3-10H,11H2,1-2H3,(H,18,19). The van der Waals surface area contributed by atoms with Crippen LogP contribution in [0.5, 0.6) is 0 Å². The van der Waals surface area contributed by atoms with Crippen molar-refractivity contribution in [3.8, 4) is 0 Å². The molecule has 0 spiro atoms. The zero-order valence-corrected chi connectivity index (χ0v) is 12.1. The van der Waals surface area contributed by atoms with Crippen LogP contribution in [-0.4, -0.2) is 18.5 Å². The molecular formula is C17H17NO3. The predicted molar refractivity (Wildman–Crippen MR) is 81.3 cm³/mol. The van der Waals surface area contributed by atoms with Gasteiger partial charge in [0.15, 0.2) is 6.61 Å². The second-order valence-corrected chi connectivity index (χ2v) is 4.86. The molecule has 0 saturated carbocycles. The van der Waals surface area contributed by atoms with E-state index in [1.54, 1.807) is 24.3 Å². The lowest BCUT2D eigenvalue weighted by atomic mass is 10.1. The van der Waals surface area contributed by atoms with Gasteiger partial charge in [0.1, 0.15) is 0 Å². The van der Waals surface area contributed by atoms with Crippen LogP contribution in [0, 0.1) is 13.8 Å². The SMILES string of the molecule is Cc1ccc(NC(=O)COC(=O)c2ccc(C)cc2)cc1. The first-order chi connectivity index (χ1) is 10.0. The molecule has 0 aliphatic heterocycles. The number of amides is 1. The van der Waals surface area contributed by atoms with Crippen LogP contribution in [0.4, 0.5) is 5.69 Å². The molecule has 2 rings (SSSR count). The summed E-state index contributed by atoms with van der Waals surface area (Å²) in [5, 5.41) is 2.67. The van der Waals surface area contributed by atoms with Crippen LogP contribution in [0.1, 0.15) is 21.5 Å². The Morgan fingerprint density at radius 2 is 1.43 bits per heavy atom. The van der Waals surface area contributed by atoms with E-state index in [9.17, 15) is 9.59 Å². The maximum absolute atomic E-state index is 11.8. The first-order valence-electron chi connectivity index (χ1n) is 6.65. The van der Waals surface area contributed by atoms with Gasteiger partial charge in [-0.3, -0.25) is 4.79 Å². The highest BCUT2D eigenvalue weighted by atomic mass is 16.5. The van der Waals surface area contributed by atoms with Crippen molar-refractivity contribution in [1.82, 2.24) is 0 Å². The van der Waals surface area contributed by atoms with Crippen molar-refractivity contribution in [2.75, 3.05) is 11.9 Å². The highest BCUT2D eigenvalue weighted by molar-refractivity contribution is 5.95. The van der Waals surface area contributed by atoms with E-state index < -0.39 is 5.97 Å². The minimum Gasteiger partial charge on any atom is -0.452 e. The monoisotopic (exact) mass is 283 g/mol. The second kappa shape index (κ2) is 6.70. The van der Waals surface area contributed by atoms with Crippen molar-refractivity contribution in [3.05, 3.63) is 65.2 Å². The number of benzene rings is 2. The minimum absolute atomic E-state index is 0.305. The third-order valence-corrected chi connectivity index (χ3v) is 2.96. The van der Waals surface area contributed by atoms with Crippen molar-refractivity contribution >= 4 is 17.6 Å². The van der Waals surface area contributed by atoms with Crippen LogP contribution in [0.15, 0.2) is 48.5 Å². The molecule has 0 unspecified atom stereocenters. The lowest BCUT2D eigenvalue weighted by Crippen LogP contribution is -2.20. The van der Waals surface area contributed by atoms with E-state index in [0.717, 1.165) is 11.1 Å². The Hall–Kier alpha value is -2.62. The van der Waals surface area contributed by atoms with Crippen LogP contribution in [0.2, 0.25) is 0 Å². The molecule has 0 aliphatic rings. The normalized spacial score (nSPS) is 10.0. The Balaban J connectivity index is 1.84. The number of anilines is 1. The van der Waals surface area contributed by atoms with Crippen molar-refractivity contribution in [2.45, 2.75) is 13.8 Å². The van der Waals surface area contributed by atoms with Crippen LogP contribution in [0.3, 0.4) is 0 Å². The molecule has 108 valence electrons. The summed E-state index contributed by atoms with van der Waals surface area (Å²) < 4.78 is 4.97. The van der Waals surface area contributed by atoms with Gasteiger partial charge in [0.05, 0.1) is 5.56 Å². The topological polar surface area (TPSA) is 55.4 Å². The molecule has 0 radical (unpaired) electrons. The van der Waals surface area contributed by atoms with Gasteiger partial charge in [-0.1, -0.05) is 35.4 Å². The molecule has 2 aromatic carbocycles. The van der Waals surface area contributed by atoms with Crippen molar-refractivity contribution in [2.24, 2.45) is 0 Å². The first kappa shape index (κ1) is 14.8. The highest BCUT2D eigenvalue weighted by Crippen LogP contribution is 2.09. The molecule has 21 heavy (non-hydrogen) atoms. The molecule has 0 aliphatic carbocycles. The lowest BCUT2D eigenvalue weighted by molar-refractivity contribution is -0.119. The summed E-state index contributed by atoms with van der Waals surface area (Å²) in [4.78, 5) is 23.5. The Morgan fingerprint density at radius 1 is 0.905 bits per heavy atom. The van der Waals surface area contributed by atoms with Crippen molar-refractivity contribution < 1.29 is 14.3 Å². The van der Waals surface area contributed by atoms with Gasteiger partial charge in [0.2, 0.25) is 0 Å². The van der Waals surface area contributed by atoms with Gasteiger partial charge in [0, 0.05) is 5.69 Å². The second-order valence-electron chi connectivity index (χ2n) is 4.86. The van der Waals surface area contributed by atoms with Gasteiger partial charge >= 0.3 is 5.97 Å². The highest BCUT2D eigenvalue weighted by Gasteiger charge is 2.10. The van der Waals surface area contributed by atoms with Gasteiger partial charge < -0.3 is 10.1 Å². The molecule has 0 atom stereocenters. The molecule has 4 nitrogen and oxygen atoms in total. The fourth-order valence-electron chi connectivity index (χ4n) is 1.74. The number of nitrogens with one attached hydrogen (secondary N) is 1. The van der Waals surface area contributed by atoms with E-state index in [4.69, 9.17) is 4.74 Å². The summed E-state index contributed by atoms with van der Waals surface area (Å²) in [7, 11) is 0. The van der Waals surface area contributed by atoms with E-state index in [-0.39, 0.29) is 12.5 Å². The summed E-state index contributed by atoms with van der Waals surface area (Å²) in [5.74, 6) is -0.867. The third-order valence-electron chi connectivity index (χ3n) is 2.96. The van der Waals surface area contributed by atoms with E-state index in [1.807, 2.05) is 38.1 Å². The van der Waals surface area contributed by atoms with E-state index >= 15 is 0 Å². The maximum atomic E-state index is 11.8. The van der Waals surface area contributed by atoms with Gasteiger partial charge in [-0.15, -0.1) is 0 Å². The number of esters is 1. The summed E-state index contributed by atoms with van der Waals surface area (Å²) in [5.41, 5.74) is 3.28. The molecule has 1 N–H and O–H groups in total. The van der Waals surface area contributed by atoms with E-state index in [0.29, 0.717) is 11.3 Å². The average molecular weight is 283 g/mol. The maximum Gasteiger partial charge on any atom is 0.338 e.